The lowest BCUT2D eigenvalue weighted by Crippen LogP contribution is -2.48. The molecule has 0 saturated carbocycles. The first-order chi connectivity index (χ1) is 16.8. The van der Waals surface area contributed by atoms with Crippen molar-refractivity contribution in [2.45, 2.75) is 31.1 Å². The fraction of sp³-hybridized carbons (Fsp3) is 0.400. The second-order valence-electron chi connectivity index (χ2n) is 9.04. The SMILES string of the molecule is CC(=O)c1ccc(N2CCN(S(=O)(=O)c3ccc4onc(C(=O)N5CCCCC5)c4c3)CC2)cc1. The minimum Gasteiger partial charge on any atom is -0.369 e. The number of hydrogen-bond acceptors (Lipinski definition) is 7. The van der Waals surface area contributed by atoms with Crippen LogP contribution in [0, 0.1) is 0 Å². The van der Waals surface area contributed by atoms with Gasteiger partial charge in [-0.15, -0.1) is 0 Å². The Hall–Kier alpha value is -3.24. The number of nitrogens with zero attached hydrogens (tertiary/aromatic N) is 4. The number of amides is 1. The minimum atomic E-state index is -3.75. The molecule has 0 bridgehead atoms. The van der Waals surface area contributed by atoms with E-state index in [0.717, 1.165) is 24.9 Å². The van der Waals surface area contributed by atoms with Crippen LogP contribution in [0.4, 0.5) is 5.69 Å². The summed E-state index contributed by atoms with van der Waals surface area (Å²) in [4.78, 5) is 28.5. The predicted molar refractivity (Wildman–Crippen MR) is 131 cm³/mol. The fourth-order valence-corrected chi connectivity index (χ4v) is 6.17. The molecule has 0 aliphatic carbocycles. The lowest BCUT2D eigenvalue weighted by molar-refractivity contribution is 0.0715. The van der Waals surface area contributed by atoms with Crippen molar-refractivity contribution in [3.63, 3.8) is 0 Å². The quantitative estimate of drug-likeness (QED) is 0.500. The molecule has 2 fully saturated rings. The highest BCUT2D eigenvalue weighted by molar-refractivity contribution is 7.89. The van der Waals surface area contributed by atoms with E-state index in [0.29, 0.717) is 55.8 Å². The molecule has 2 aliphatic heterocycles. The van der Waals surface area contributed by atoms with Crippen molar-refractivity contribution >= 4 is 38.4 Å². The Morgan fingerprint density at radius 2 is 1.57 bits per heavy atom. The van der Waals surface area contributed by atoms with Crippen molar-refractivity contribution in [2.75, 3.05) is 44.2 Å². The van der Waals surface area contributed by atoms with Gasteiger partial charge in [-0.2, -0.15) is 4.31 Å². The van der Waals surface area contributed by atoms with Crippen LogP contribution >= 0.6 is 0 Å². The van der Waals surface area contributed by atoms with Gasteiger partial charge in [0.1, 0.15) is 0 Å². The van der Waals surface area contributed by atoms with Gasteiger partial charge in [-0.05, 0) is 68.7 Å². The zero-order valence-electron chi connectivity index (χ0n) is 19.6. The maximum atomic E-state index is 13.4. The van der Waals surface area contributed by atoms with Crippen LogP contribution in [0.25, 0.3) is 11.0 Å². The molecule has 2 aliphatic rings. The predicted octanol–water partition coefficient (Wildman–Crippen LogP) is 3.17. The van der Waals surface area contributed by atoms with E-state index < -0.39 is 10.0 Å². The van der Waals surface area contributed by atoms with Gasteiger partial charge in [-0.3, -0.25) is 9.59 Å². The number of hydrogen-bond donors (Lipinski definition) is 0. The van der Waals surface area contributed by atoms with Gasteiger partial charge in [0.2, 0.25) is 10.0 Å². The van der Waals surface area contributed by atoms with Crippen LogP contribution in [0.15, 0.2) is 51.9 Å². The lowest BCUT2D eigenvalue weighted by atomic mass is 10.1. The first kappa shape index (κ1) is 23.5. The Balaban J connectivity index is 1.33. The highest BCUT2D eigenvalue weighted by Gasteiger charge is 2.30. The van der Waals surface area contributed by atoms with Crippen LogP contribution < -0.4 is 4.90 Å². The average Bonchev–Trinajstić information content (AvgIpc) is 3.32. The molecule has 0 radical (unpaired) electrons. The topological polar surface area (TPSA) is 104 Å². The summed E-state index contributed by atoms with van der Waals surface area (Å²) in [6, 6.07) is 11.9. The molecular formula is C25H28N4O5S. The summed E-state index contributed by atoms with van der Waals surface area (Å²) < 4.78 is 33.6. The number of likely N-dealkylation sites (tertiary alicyclic amines) is 1. The third-order valence-electron chi connectivity index (χ3n) is 6.80. The number of benzene rings is 2. The number of aromatic nitrogens is 1. The second-order valence-corrected chi connectivity index (χ2v) is 11.0. The molecule has 3 aromatic rings. The van der Waals surface area contributed by atoms with Crippen LogP contribution in [-0.4, -0.2) is 73.7 Å². The van der Waals surface area contributed by atoms with Gasteiger partial charge < -0.3 is 14.3 Å². The Morgan fingerprint density at radius 1 is 0.886 bits per heavy atom. The number of carbonyl (C=O) groups is 2. The van der Waals surface area contributed by atoms with E-state index in [9.17, 15) is 18.0 Å². The van der Waals surface area contributed by atoms with E-state index in [4.69, 9.17) is 4.52 Å². The van der Waals surface area contributed by atoms with Crippen molar-refractivity contribution < 1.29 is 22.5 Å². The zero-order valence-corrected chi connectivity index (χ0v) is 20.5. The number of sulfonamides is 1. The molecule has 9 nitrogen and oxygen atoms in total. The molecule has 0 spiro atoms. The van der Waals surface area contributed by atoms with E-state index >= 15 is 0 Å². The summed E-state index contributed by atoms with van der Waals surface area (Å²) in [5.74, 6) is -0.208. The summed E-state index contributed by atoms with van der Waals surface area (Å²) in [6.45, 7) is 4.61. The Kier molecular flexibility index (Phi) is 6.33. The van der Waals surface area contributed by atoms with Gasteiger partial charge in [0, 0.05) is 50.5 Å². The largest absolute Gasteiger partial charge is 0.369 e. The smallest absolute Gasteiger partial charge is 0.276 e. The second kappa shape index (κ2) is 9.43. The number of piperidine rings is 1. The van der Waals surface area contributed by atoms with E-state index in [1.807, 2.05) is 12.1 Å². The van der Waals surface area contributed by atoms with Crippen LogP contribution in [0.5, 0.6) is 0 Å². The highest BCUT2D eigenvalue weighted by atomic mass is 32.2. The Labute approximate surface area is 204 Å². The maximum absolute atomic E-state index is 13.4. The van der Waals surface area contributed by atoms with Gasteiger partial charge >= 0.3 is 0 Å². The molecule has 35 heavy (non-hydrogen) atoms. The maximum Gasteiger partial charge on any atom is 0.276 e. The standard InChI is InChI=1S/C25H28N4O5S/c1-18(30)19-5-7-20(8-6-19)27-13-15-29(16-14-27)35(32,33)21-9-10-23-22(17-21)24(26-34-23)25(31)28-11-3-2-4-12-28/h5-10,17H,2-4,11-16H2,1H3. The van der Waals surface area contributed by atoms with E-state index in [1.165, 1.54) is 23.4 Å². The van der Waals surface area contributed by atoms with Gasteiger partial charge in [-0.1, -0.05) is 5.16 Å². The van der Waals surface area contributed by atoms with Crippen molar-refractivity contribution in [1.29, 1.82) is 0 Å². The van der Waals surface area contributed by atoms with Gasteiger partial charge in [0.15, 0.2) is 17.1 Å². The minimum absolute atomic E-state index is 0.0121. The molecule has 1 amide bonds. The number of fused-ring (bicyclic) bond motifs is 1. The summed E-state index contributed by atoms with van der Waals surface area (Å²) in [7, 11) is -3.75. The van der Waals surface area contributed by atoms with Crippen molar-refractivity contribution in [2.24, 2.45) is 0 Å². The highest BCUT2D eigenvalue weighted by Crippen LogP contribution is 2.27. The van der Waals surface area contributed by atoms with Crippen LogP contribution in [0.2, 0.25) is 0 Å². The molecular weight excluding hydrogens is 468 g/mol. The molecule has 0 atom stereocenters. The van der Waals surface area contributed by atoms with Crippen LogP contribution in [0.1, 0.15) is 47.0 Å². The fourth-order valence-electron chi connectivity index (χ4n) is 4.72. The Bertz CT molecular complexity index is 1350. The third kappa shape index (κ3) is 4.55. The van der Waals surface area contributed by atoms with Crippen molar-refractivity contribution in [1.82, 2.24) is 14.4 Å². The first-order valence-corrected chi connectivity index (χ1v) is 13.3. The number of anilines is 1. The Morgan fingerprint density at radius 3 is 2.23 bits per heavy atom. The molecule has 2 aromatic carbocycles. The van der Waals surface area contributed by atoms with Gasteiger partial charge in [-0.25, -0.2) is 8.42 Å². The molecule has 5 rings (SSSR count). The molecule has 10 heteroatoms. The summed E-state index contributed by atoms with van der Waals surface area (Å²) >= 11 is 0. The van der Waals surface area contributed by atoms with E-state index in [1.54, 1.807) is 23.1 Å². The van der Waals surface area contributed by atoms with E-state index in [2.05, 4.69) is 10.1 Å². The number of ketones is 1. The normalized spacial score (nSPS) is 17.6. The number of rotatable bonds is 5. The number of Topliss-reactive ketones (excluding diaryl/α,β-unsaturated/α-hetero) is 1. The lowest BCUT2D eigenvalue weighted by Gasteiger charge is -2.35. The molecule has 2 saturated heterocycles. The molecule has 1 aromatic heterocycles. The van der Waals surface area contributed by atoms with Crippen LogP contribution in [0.3, 0.4) is 0 Å². The molecule has 3 heterocycles. The first-order valence-electron chi connectivity index (χ1n) is 11.9. The molecule has 0 N–H and O–H groups in total. The summed E-state index contributed by atoms with van der Waals surface area (Å²) in [5.41, 5.74) is 2.16. The number of piperazine rings is 1. The monoisotopic (exact) mass is 496 g/mol. The molecule has 0 unspecified atom stereocenters. The number of carbonyl (C=O) groups excluding carboxylic acids is 2. The van der Waals surface area contributed by atoms with E-state index in [-0.39, 0.29) is 22.3 Å². The summed E-state index contributed by atoms with van der Waals surface area (Å²) in [5, 5.41) is 4.39. The van der Waals surface area contributed by atoms with Gasteiger partial charge in [0.25, 0.3) is 5.91 Å². The van der Waals surface area contributed by atoms with Crippen LogP contribution in [-0.2, 0) is 10.0 Å². The molecule has 184 valence electrons. The average molecular weight is 497 g/mol. The summed E-state index contributed by atoms with van der Waals surface area (Å²) in [6.07, 6.45) is 3.00. The van der Waals surface area contributed by atoms with Crippen molar-refractivity contribution in [3.8, 4) is 0 Å². The third-order valence-corrected chi connectivity index (χ3v) is 8.70. The van der Waals surface area contributed by atoms with Gasteiger partial charge in [0.05, 0.1) is 10.3 Å². The van der Waals surface area contributed by atoms with Crippen molar-refractivity contribution in [3.05, 3.63) is 53.7 Å². The zero-order chi connectivity index (χ0) is 24.6.